The summed E-state index contributed by atoms with van der Waals surface area (Å²) in [5, 5.41) is 11.0. The van der Waals surface area contributed by atoms with Gasteiger partial charge in [0, 0.05) is 17.3 Å². The van der Waals surface area contributed by atoms with Gasteiger partial charge in [-0.15, -0.1) is 0 Å². The van der Waals surface area contributed by atoms with E-state index in [1.807, 2.05) is 0 Å². The molecule has 0 unspecified atom stereocenters. The van der Waals surface area contributed by atoms with Crippen molar-refractivity contribution in [3.05, 3.63) is 60.8 Å². The predicted molar refractivity (Wildman–Crippen MR) is 90.5 cm³/mol. The van der Waals surface area contributed by atoms with Crippen molar-refractivity contribution in [1.82, 2.24) is 9.55 Å². The van der Waals surface area contributed by atoms with Gasteiger partial charge >= 0.3 is 0 Å². The fourth-order valence-corrected chi connectivity index (χ4v) is 2.80. The molecular weight excluding hydrogens is 344 g/mol. The highest BCUT2D eigenvalue weighted by Crippen LogP contribution is 2.19. The zero-order chi connectivity index (χ0) is 19.8. The zero-order valence-corrected chi connectivity index (χ0v) is 14.3. The molecule has 2 aromatic rings. The van der Waals surface area contributed by atoms with Crippen molar-refractivity contribution in [2.24, 2.45) is 5.73 Å². The largest absolute Gasteiger partial charge is 0.365 e. The summed E-state index contributed by atoms with van der Waals surface area (Å²) in [7, 11) is 0. The van der Waals surface area contributed by atoms with Crippen molar-refractivity contribution in [2.75, 3.05) is 0 Å². The minimum atomic E-state index is -1.13. The van der Waals surface area contributed by atoms with Gasteiger partial charge in [-0.3, -0.25) is 29.3 Å². The molecule has 0 aliphatic carbocycles. The fourth-order valence-electron chi connectivity index (χ4n) is 2.80. The van der Waals surface area contributed by atoms with Crippen LogP contribution >= 0.6 is 0 Å². The number of aryl methyl sites for hydroxylation is 1. The Kier molecular flexibility index (Phi) is 4.87. The quantitative estimate of drug-likeness (QED) is 0.442. The third kappa shape index (κ3) is 3.29. The Balaban J connectivity index is 2.52. The van der Waals surface area contributed by atoms with Crippen LogP contribution in [0.3, 0.4) is 0 Å². The van der Waals surface area contributed by atoms with Gasteiger partial charge in [-0.05, 0) is 26.3 Å². The number of hydrogen-bond acceptors (Lipinski definition) is 6. The molecule has 3 N–H and O–H groups in total. The van der Waals surface area contributed by atoms with Gasteiger partial charge in [0.1, 0.15) is 5.56 Å². The van der Waals surface area contributed by atoms with Crippen LogP contribution in [0.15, 0.2) is 17.1 Å². The number of carbonyl (C=O) groups excluding carboxylic acids is 3. The van der Waals surface area contributed by atoms with Gasteiger partial charge in [0.05, 0.1) is 23.4 Å². The molecule has 0 aliphatic heterocycles. The first-order chi connectivity index (χ1) is 12.0. The Bertz CT molecular complexity index is 1010. The molecule has 0 fully saturated rings. The van der Waals surface area contributed by atoms with Crippen LogP contribution < -0.4 is 11.3 Å². The van der Waals surface area contributed by atoms with E-state index in [2.05, 4.69) is 4.98 Å². The van der Waals surface area contributed by atoms with Crippen LogP contribution in [-0.2, 0) is 6.54 Å². The first kappa shape index (κ1) is 18.8. The third-order valence-electron chi connectivity index (χ3n) is 3.93. The van der Waals surface area contributed by atoms with E-state index < -0.39 is 40.0 Å². The lowest BCUT2D eigenvalue weighted by molar-refractivity contribution is -0.385. The van der Waals surface area contributed by atoms with Crippen LogP contribution in [0.1, 0.15) is 49.4 Å². The van der Waals surface area contributed by atoms with Crippen LogP contribution in [0.4, 0.5) is 5.69 Å². The molecule has 0 saturated carbocycles. The van der Waals surface area contributed by atoms with Crippen molar-refractivity contribution in [1.29, 1.82) is 0 Å². The average Bonchev–Trinajstić information content (AvgIpc) is 2.83. The fraction of sp³-hybridized carbons (Fsp3) is 0.250. The second kappa shape index (κ2) is 6.75. The van der Waals surface area contributed by atoms with E-state index in [1.165, 1.54) is 6.92 Å². The van der Waals surface area contributed by atoms with Crippen LogP contribution in [0.2, 0.25) is 0 Å². The monoisotopic (exact) mass is 360 g/mol. The summed E-state index contributed by atoms with van der Waals surface area (Å²) in [5.74, 6) is -1.93. The number of aromatic nitrogens is 2. The number of nitro groups is 1. The number of carbonyl (C=O) groups is 3. The molecular formula is C16H16N4O6. The van der Waals surface area contributed by atoms with Crippen molar-refractivity contribution in [3.8, 4) is 0 Å². The second-order valence-electron chi connectivity index (χ2n) is 5.77. The van der Waals surface area contributed by atoms with E-state index in [4.69, 9.17) is 5.73 Å². The number of hydrogen-bond donors (Lipinski definition) is 2. The first-order valence-electron chi connectivity index (χ1n) is 7.46. The molecule has 0 radical (unpaired) electrons. The molecule has 10 nitrogen and oxygen atoms in total. The molecule has 0 aliphatic rings. The maximum atomic E-state index is 12.5. The number of aromatic amines is 1. The number of nitrogens with one attached hydrogen (secondary N) is 1. The van der Waals surface area contributed by atoms with Crippen LogP contribution in [-0.4, -0.2) is 31.9 Å². The topological polar surface area (TPSA) is 158 Å². The Morgan fingerprint density at radius 1 is 1.31 bits per heavy atom. The lowest BCUT2D eigenvalue weighted by Gasteiger charge is -2.07. The van der Waals surface area contributed by atoms with E-state index in [0.717, 1.165) is 16.8 Å². The molecule has 0 atom stereocenters. The van der Waals surface area contributed by atoms with Crippen LogP contribution in [0.5, 0.6) is 0 Å². The highest BCUT2D eigenvalue weighted by molar-refractivity contribution is 6.03. The standard InChI is InChI=1S/C16H16N4O6/c1-7-13(9(3)21)8(2)18-14(7)12(22)6-19-5-10(20(25)26)4-11(15(17)23)16(19)24/h4-5,18H,6H2,1-3H3,(H2,17,23). The molecule has 2 rings (SSSR count). The molecule has 0 aromatic carbocycles. The number of H-pyrrole nitrogens is 1. The van der Waals surface area contributed by atoms with E-state index in [-0.39, 0.29) is 11.5 Å². The number of amides is 1. The summed E-state index contributed by atoms with van der Waals surface area (Å²) in [4.78, 5) is 60.8. The van der Waals surface area contributed by atoms with E-state index >= 15 is 0 Å². The molecule has 136 valence electrons. The Labute approximate surface area is 146 Å². The number of pyridine rings is 1. The normalized spacial score (nSPS) is 10.6. The Hall–Kier alpha value is -3.56. The van der Waals surface area contributed by atoms with Gasteiger partial charge < -0.3 is 15.3 Å². The summed E-state index contributed by atoms with van der Waals surface area (Å²) in [6, 6.07) is 0.767. The first-order valence-corrected chi connectivity index (χ1v) is 7.46. The minimum Gasteiger partial charge on any atom is -0.365 e. The van der Waals surface area contributed by atoms with E-state index in [9.17, 15) is 29.3 Å². The van der Waals surface area contributed by atoms with Crippen molar-refractivity contribution in [3.63, 3.8) is 0 Å². The van der Waals surface area contributed by atoms with Gasteiger partial charge in [-0.2, -0.15) is 0 Å². The van der Waals surface area contributed by atoms with Gasteiger partial charge in [0.15, 0.2) is 11.6 Å². The van der Waals surface area contributed by atoms with E-state index in [1.54, 1.807) is 13.8 Å². The van der Waals surface area contributed by atoms with Crippen molar-refractivity contribution >= 4 is 23.2 Å². The number of Topliss-reactive ketones (excluding diaryl/α,β-unsaturated/α-hetero) is 2. The highest BCUT2D eigenvalue weighted by atomic mass is 16.6. The number of nitrogens with two attached hydrogens (primary N) is 1. The van der Waals surface area contributed by atoms with Gasteiger partial charge in [0.25, 0.3) is 17.2 Å². The second-order valence-corrected chi connectivity index (χ2v) is 5.77. The molecule has 0 spiro atoms. The minimum absolute atomic E-state index is 0.117. The summed E-state index contributed by atoms with van der Waals surface area (Å²) in [6.07, 6.45) is 0.865. The molecule has 2 aromatic heterocycles. The highest BCUT2D eigenvalue weighted by Gasteiger charge is 2.23. The zero-order valence-electron chi connectivity index (χ0n) is 14.3. The van der Waals surface area contributed by atoms with Gasteiger partial charge in [-0.1, -0.05) is 0 Å². The molecule has 2 heterocycles. The van der Waals surface area contributed by atoms with Crippen molar-refractivity contribution in [2.45, 2.75) is 27.3 Å². The predicted octanol–water partition coefficient (Wildman–Crippen LogP) is 0.886. The molecule has 10 heteroatoms. The summed E-state index contributed by atoms with van der Waals surface area (Å²) in [5.41, 5.74) is 4.44. The van der Waals surface area contributed by atoms with Crippen LogP contribution in [0.25, 0.3) is 0 Å². The summed E-state index contributed by atoms with van der Waals surface area (Å²) >= 11 is 0. The lowest BCUT2D eigenvalue weighted by atomic mass is 10.1. The number of ketones is 2. The lowest BCUT2D eigenvalue weighted by Crippen LogP contribution is -2.31. The molecule has 0 bridgehead atoms. The number of nitrogens with zero attached hydrogens (tertiary/aromatic N) is 2. The van der Waals surface area contributed by atoms with Gasteiger partial charge in [0.2, 0.25) is 0 Å². The Morgan fingerprint density at radius 2 is 1.92 bits per heavy atom. The number of primary amides is 1. The van der Waals surface area contributed by atoms with Crippen LogP contribution in [0, 0.1) is 24.0 Å². The molecule has 26 heavy (non-hydrogen) atoms. The van der Waals surface area contributed by atoms with Gasteiger partial charge in [-0.25, -0.2) is 0 Å². The third-order valence-corrected chi connectivity index (χ3v) is 3.93. The Morgan fingerprint density at radius 3 is 2.38 bits per heavy atom. The van der Waals surface area contributed by atoms with Crippen molar-refractivity contribution < 1.29 is 19.3 Å². The smallest absolute Gasteiger partial charge is 0.286 e. The number of rotatable bonds is 6. The summed E-state index contributed by atoms with van der Waals surface area (Å²) < 4.78 is 0.754. The SMILES string of the molecule is CC(=O)c1c(C)[nH]c(C(=O)Cn2cc([N+](=O)[O-])cc(C(N)=O)c2=O)c1C. The molecule has 1 amide bonds. The van der Waals surface area contributed by atoms with E-state index in [0.29, 0.717) is 16.8 Å². The maximum absolute atomic E-state index is 12.5. The molecule has 0 saturated heterocycles. The average molecular weight is 360 g/mol. The maximum Gasteiger partial charge on any atom is 0.286 e. The summed E-state index contributed by atoms with van der Waals surface area (Å²) in [6.45, 7) is 4.02.